The third kappa shape index (κ3) is 11.1. The molecule has 0 unspecified atom stereocenters. The molecule has 12 nitrogen and oxygen atoms in total. The summed E-state index contributed by atoms with van der Waals surface area (Å²) in [5.41, 5.74) is 2.97. The summed E-state index contributed by atoms with van der Waals surface area (Å²) in [6, 6.07) is 9.29. The van der Waals surface area contributed by atoms with Crippen molar-refractivity contribution in [1.82, 2.24) is 9.80 Å². The molecule has 0 fully saturated rings. The van der Waals surface area contributed by atoms with Crippen LogP contribution in [0, 0.1) is 0 Å². The third-order valence-electron chi connectivity index (χ3n) is 7.14. The summed E-state index contributed by atoms with van der Waals surface area (Å²) >= 11 is 0. The number of esters is 2. The van der Waals surface area contributed by atoms with E-state index < -0.39 is 23.1 Å². The van der Waals surface area contributed by atoms with Crippen molar-refractivity contribution < 1.29 is 48.3 Å². The molecule has 4 rings (SSSR count). The number of carbonyl (C=O) groups is 4. The number of phenolic OH excluding ortho intramolecular Hbond substituents is 2. The van der Waals surface area contributed by atoms with Gasteiger partial charge in [0.1, 0.15) is 22.7 Å². The van der Waals surface area contributed by atoms with Crippen molar-refractivity contribution in [2.75, 3.05) is 40.4 Å². The zero-order valence-corrected chi connectivity index (χ0v) is 28.9. The van der Waals surface area contributed by atoms with E-state index in [0.717, 1.165) is 22.3 Å². The van der Waals surface area contributed by atoms with Crippen molar-refractivity contribution in [3.8, 4) is 11.5 Å². The van der Waals surface area contributed by atoms with Crippen molar-refractivity contribution in [1.29, 1.82) is 0 Å². The largest absolute Gasteiger partial charge is 0.508 e. The number of phenols is 2. The molecule has 2 aliphatic heterocycles. The van der Waals surface area contributed by atoms with Gasteiger partial charge >= 0.3 is 24.1 Å². The van der Waals surface area contributed by atoms with Gasteiger partial charge in [-0.1, -0.05) is 12.2 Å². The fourth-order valence-corrected chi connectivity index (χ4v) is 4.91. The fraction of sp³-hybridized carbons (Fsp3) is 0.444. The van der Waals surface area contributed by atoms with Crippen molar-refractivity contribution in [2.45, 2.75) is 65.6 Å². The fourth-order valence-electron chi connectivity index (χ4n) is 4.91. The minimum atomic E-state index is -0.526. The van der Waals surface area contributed by atoms with Gasteiger partial charge in [0.15, 0.2) is 0 Å². The molecule has 0 saturated heterocycles. The van der Waals surface area contributed by atoms with Gasteiger partial charge < -0.3 is 39.0 Å². The van der Waals surface area contributed by atoms with Crippen LogP contribution in [0.2, 0.25) is 0 Å². The second-order valence-corrected chi connectivity index (χ2v) is 13.3. The molecule has 2 aliphatic rings. The lowest BCUT2D eigenvalue weighted by molar-refractivity contribution is 0.0260. The zero-order valence-electron chi connectivity index (χ0n) is 28.9. The summed E-state index contributed by atoms with van der Waals surface area (Å²) in [6.45, 7) is 12.9. The van der Waals surface area contributed by atoms with E-state index in [9.17, 15) is 29.4 Å². The summed E-state index contributed by atoms with van der Waals surface area (Å²) in [5.74, 6) is -0.996. The van der Waals surface area contributed by atoms with E-state index in [1.54, 1.807) is 34.1 Å². The van der Waals surface area contributed by atoms with Crippen LogP contribution in [-0.2, 0) is 18.9 Å². The molecular formula is C36H46N2O10. The van der Waals surface area contributed by atoms with Crippen LogP contribution in [0.3, 0.4) is 0 Å². The minimum Gasteiger partial charge on any atom is -0.508 e. The normalized spacial score (nSPS) is 14.8. The van der Waals surface area contributed by atoms with E-state index in [2.05, 4.69) is 9.47 Å². The molecule has 2 N–H and O–H groups in total. The first-order valence-corrected chi connectivity index (χ1v) is 15.6. The molecule has 260 valence electrons. The van der Waals surface area contributed by atoms with Crippen molar-refractivity contribution in [3.05, 3.63) is 70.8 Å². The highest BCUT2D eigenvalue weighted by Gasteiger charge is 2.26. The van der Waals surface area contributed by atoms with Crippen LogP contribution in [0.25, 0.3) is 11.1 Å². The lowest BCUT2D eigenvalue weighted by Crippen LogP contribution is -2.39. The standard InChI is InChI=1S/2C18H23NO5/c2*1-18(2,3)24-17(22)19-7-5-12(6-8-19)13-9-14(16(21)23-4)11-15(20)10-13/h2*5,9-11,20H,6-8H2,1-4H3. The van der Waals surface area contributed by atoms with Gasteiger partial charge in [0.2, 0.25) is 0 Å². The van der Waals surface area contributed by atoms with Gasteiger partial charge in [0, 0.05) is 26.2 Å². The average molecular weight is 667 g/mol. The van der Waals surface area contributed by atoms with Crippen molar-refractivity contribution in [3.63, 3.8) is 0 Å². The molecular weight excluding hydrogens is 620 g/mol. The van der Waals surface area contributed by atoms with Gasteiger partial charge in [-0.3, -0.25) is 0 Å². The molecule has 2 amide bonds. The molecule has 2 heterocycles. The SMILES string of the molecule is COC(=O)c1cc(O)cc(C2=CCN(C(=O)OC(C)(C)C)CC2)c1.COC(=O)c1cc(O)cc(C2=CCN(C(=O)OC(C)(C)C)CC2)c1. The van der Waals surface area contributed by atoms with E-state index in [1.807, 2.05) is 53.7 Å². The Hall–Kier alpha value is -5.00. The maximum absolute atomic E-state index is 12.1. The van der Waals surface area contributed by atoms with Gasteiger partial charge in [-0.2, -0.15) is 0 Å². The average Bonchev–Trinajstić information content (AvgIpc) is 3.02. The molecule has 0 saturated carbocycles. The topological polar surface area (TPSA) is 152 Å². The van der Waals surface area contributed by atoms with Gasteiger partial charge in [-0.15, -0.1) is 0 Å². The molecule has 2 aromatic rings. The number of hydrogen-bond donors (Lipinski definition) is 2. The molecule has 48 heavy (non-hydrogen) atoms. The summed E-state index contributed by atoms with van der Waals surface area (Å²) in [4.78, 5) is 50.7. The second kappa shape index (κ2) is 15.7. The molecule has 2 aromatic carbocycles. The highest BCUT2D eigenvalue weighted by Crippen LogP contribution is 2.29. The summed E-state index contributed by atoms with van der Waals surface area (Å²) in [6.07, 6.45) is 4.35. The van der Waals surface area contributed by atoms with Gasteiger partial charge in [0.05, 0.1) is 25.3 Å². The Morgan fingerprint density at radius 3 is 1.23 bits per heavy atom. The Morgan fingerprint density at radius 2 is 0.958 bits per heavy atom. The summed E-state index contributed by atoms with van der Waals surface area (Å²) < 4.78 is 20.1. The molecule has 0 bridgehead atoms. The van der Waals surface area contributed by atoms with Crippen LogP contribution in [0.5, 0.6) is 11.5 Å². The van der Waals surface area contributed by atoms with Crippen LogP contribution in [0.15, 0.2) is 48.6 Å². The van der Waals surface area contributed by atoms with Crippen LogP contribution in [-0.4, -0.2) is 95.7 Å². The monoisotopic (exact) mass is 666 g/mol. The predicted molar refractivity (Wildman–Crippen MR) is 180 cm³/mol. The number of ether oxygens (including phenoxy) is 4. The molecule has 12 heteroatoms. The number of carbonyl (C=O) groups excluding carboxylic acids is 4. The summed E-state index contributed by atoms with van der Waals surface area (Å²) in [5, 5.41) is 19.6. The Labute approximate surface area is 281 Å². The highest BCUT2D eigenvalue weighted by atomic mass is 16.6. The third-order valence-corrected chi connectivity index (χ3v) is 7.14. The summed E-state index contributed by atoms with van der Waals surface area (Å²) in [7, 11) is 2.59. The number of hydrogen-bond acceptors (Lipinski definition) is 10. The van der Waals surface area contributed by atoms with Gasteiger partial charge in [-0.05, 0) is 113 Å². The molecule has 0 atom stereocenters. The first-order valence-electron chi connectivity index (χ1n) is 15.6. The lowest BCUT2D eigenvalue weighted by atomic mass is 9.97. The number of aromatic hydroxyl groups is 2. The van der Waals surface area contributed by atoms with Crippen molar-refractivity contribution in [2.24, 2.45) is 0 Å². The van der Waals surface area contributed by atoms with Crippen LogP contribution >= 0.6 is 0 Å². The number of amides is 2. The minimum absolute atomic E-state index is 0.00312. The Balaban J connectivity index is 0.000000260. The van der Waals surface area contributed by atoms with Crippen molar-refractivity contribution >= 4 is 35.3 Å². The highest BCUT2D eigenvalue weighted by molar-refractivity contribution is 5.92. The zero-order chi connectivity index (χ0) is 35.8. The first-order chi connectivity index (χ1) is 22.4. The number of benzene rings is 2. The smallest absolute Gasteiger partial charge is 0.410 e. The van der Waals surface area contributed by atoms with Crippen LogP contribution in [0.4, 0.5) is 9.59 Å². The number of nitrogens with zero attached hydrogens (tertiary/aromatic N) is 2. The Morgan fingerprint density at radius 1 is 0.604 bits per heavy atom. The maximum Gasteiger partial charge on any atom is 0.410 e. The molecule has 0 aromatic heterocycles. The second-order valence-electron chi connectivity index (χ2n) is 13.3. The van der Waals surface area contributed by atoms with E-state index in [1.165, 1.54) is 26.4 Å². The predicted octanol–water partition coefficient (Wildman–Crippen LogP) is 6.41. The van der Waals surface area contributed by atoms with Crippen LogP contribution in [0.1, 0.15) is 86.2 Å². The number of rotatable bonds is 4. The van der Waals surface area contributed by atoms with E-state index in [4.69, 9.17) is 9.47 Å². The Kier molecular flexibility index (Phi) is 12.3. The molecule has 0 radical (unpaired) electrons. The maximum atomic E-state index is 12.1. The van der Waals surface area contributed by atoms with Gasteiger partial charge in [-0.25, -0.2) is 19.2 Å². The van der Waals surface area contributed by atoms with Gasteiger partial charge in [0.25, 0.3) is 0 Å². The first kappa shape index (κ1) is 37.5. The van der Waals surface area contributed by atoms with E-state index >= 15 is 0 Å². The molecule has 0 aliphatic carbocycles. The Bertz CT molecular complexity index is 1460. The quantitative estimate of drug-likeness (QED) is 0.277. The lowest BCUT2D eigenvalue weighted by Gasteiger charge is -2.29. The van der Waals surface area contributed by atoms with Crippen LogP contribution < -0.4 is 0 Å². The van der Waals surface area contributed by atoms with E-state index in [-0.39, 0.29) is 23.7 Å². The van der Waals surface area contributed by atoms with E-state index in [0.29, 0.717) is 50.1 Å². The molecule has 0 spiro atoms. The number of methoxy groups -OCH3 is 2.